The van der Waals surface area contributed by atoms with E-state index >= 15 is 0 Å². The maximum atomic E-state index is 13.5. The van der Waals surface area contributed by atoms with Crippen LogP contribution in [0.25, 0.3) is 0 Å². The van der Waals surface area contributed by atoms with Gasteiger partial charge in [-0.2, -0.15) is 0 Å². The molecule has 0 radical (unpaired) electrons. The maximum Gasteiger partial charge on any atom is 0.258 e. The first-order valence-corrected chi connectivity index (χ1v) is 8.67. The SMILES string of the molecule is O=C(COc1ccc(F)cc1F)NCc1cccnc1N1CCCCC1. The van der Waals surface area contributed by atoms with Gasteiger partial charge in [0.05, 0.1) is 0 Å². The molecule has 138 valence electrons. The van der Waals surface area contributed by atoms with Gasteiger partial charge in [0.25, 0.3) is 5.91 Å². The van der Waals surface area contributed by atoms with Crippen LogP contribution in [0.4, 0.5) is 14.6 Å². The molecule has 1 aromatic heterocycles. The Labute approximate surface area is 151 Å². The predicted molar refractivity (Wildman–Crippen MR) is 94.0 cm³/mol. The summed E-state index contributed by atoms with van der Waals surface area (Å²) in [5, 5.41) is 2.75. The number of halogens is 2. The second-order valence-electron chi connectivity index (χ2n) is 6.17. The summed E-state index contributed by atoms with van der Waals surface area (Å²) < 4.78 is 31.5. The van der Waals surface area contributed by atoms with Crippen LogP contribution in [0.5, 0.6) is 5.75 Å². The Morgan fingerprint density at radius 1 is 1.19 bits per heavy atom. The molecule has 1 aromatic carbocycles. The van der Waals surface area contributed by atoms with Crippen molar-refractivity contribution in [3.8, 4) is 5.75 Å². The molecule has 1 N–H and O–H groups in total. The maximum absolute atomic E-state index is 13.5. The molecule has 2 aromatic rings. The molecular weight excluding hydrogens is 340 g/mol. The smallest absolute Gasteiger partial charge is 0.258 e. The monoisotopic (exact) mass is 361 g/mol. The van der Waals surface area contributed by atoms with Gasteiger partial charge in [-0.3, -0.25) is 4.79 Å². The lowest BCUT2D eigenvalue weighted by molar-refractivity contribution is -0.123. The van der Waals surface area contributed by atoms with E-state index in [2.05, 4.69) is 15.2 Å². The van der Waals surface area contributed by atoms with Gasteiger partial charge in [0, 0.05) is 37.5 Å². The second-order valence-corrected chi connectivity index (χ2v) is 6.17. The number of hydrogen-bond donors (Lipinski definition) is 1. The van der Waals surface area contributed by atoms with Gasteiger partial charge in [0.1, 0.15) is 11.6 Å². The van der Waals surface area contributed by atoms with Gasteiger partial charge in [-0.15, -0.1) is 0 Å². The molecule has 1 saturated heterocycles. The predicted octanol–water partition coefficient (Wildman–Crippen LogP) is 3.05. The Morgan fingerprint density at radius 3 is 2.77 bits per heavy atom. The summed E-state index contributed by atoms with van der Waals surface area (Å²) in [7, 11) is 0. The van der Waals surface area contributed by atoms with Crippen molar-refractivity contribution < 1.29 is 18.3 Å². The van der Waals surface area contributed by atoms with E-state index in [9.17, 15) is 13.6 Å². The van der Waals surface area contributed by atoms with Gasteiger partial charge in [0.15, 0.2) is 18.2 Å². The number of ether oxygens (including phenoxy) is 1. The molecule has 1 aliphatic rings. The van der Waals surface area contributed by atoms with E-state index in [0.29, 0.717) is 12.6 Å². The molecule has 0 saturated carbocycles. The number of piperidine rings is 1. The molecule has 2 heterocycles. The number of carbonyl (C=O) groups excluding carboxylic acids is 1. The van der Waals surface area contributed by atoms with Crippen LogP contribution in [-0.2, 0) is 11.3 Å². The van der Waals surface area contributed by atoms with Crippen molar-refractivity contribution in [3.63, 3.8) is 0 Å². The fourth-order valence-electron chi connectivity index (χ4n) is 2.94. The van der Waals surface area contributed by atoms with Crippen LogP contribution in [0.2, 0.25) is 0 Å². The van der Waals surface area contributed by atoms with Crippen molar-refractivity contribution in [2.75, 3.05) is 24.6 Å². The molecule has 7 heteroatoms. The highest BCUT2D eigenvalue weighted by molar-refractivity contribution is 5.77. The number of anilines is 1. The van der Waals surface area contributed by atoms with E-state index in [1.165, 1.54) is 6.42 Å². The third-order valence-corrected chi connectivity index (χ3v) is 4.25. The average molecular weight is 361 g/mol. The summed E-state index contributed by atoms with van der Waals surface area (Å²) in [6.45, 7) is 1.89. The average Bonchev–Trinajstić information content (AvgIpc) is 2.66. The molecule has 1 aliphatic heterocycles. The minimum Gasteiger partial charge on any atom is -0.481 e. The molecular formula is C19H21F2N3O2. The van der Waals surface area contributed by atoms with Crippen molar-refractivity contribution >= 4 is 11.7 Å². The molecule has 0 atom stereocenters. The van der Waals surface area contributed by atoms with Gasteiger partial charge in [-0.05, 0) is 37.5 Å². The van der Waals surface area contributed by atoms with Gasteiger partial charge < -0.3 is 15.0 Å². The minimum atomic E-state index is -0.836. The second kappa shape index (κ2) is 8.60. The molecule has 26 heavy (non-hydrogen) atoms. The van der Waals surface area contributed by atoms with Crippen molar-refractivity contribution in [2.24, 2.45) is 0 Å². The number of hydrogen-bond acceptors (Lipinski definition) is 4. The van der Waals surface area contributed by atoms with Crippen LogP contribution >= 0.6 is 0 Å². The van der Waals surface area contributed by atoms with E-state index < -0.39 is 11.6 Å². The van der Waals surface area contributed by atoms with E-state index in [0.717, 1.165) is 49.4 Å². The zero-order chi connectivity index (χ0) is 18.4. The van der Waals surface area contributed by atoms with Crippen LogP contribution in [-0.4, -0.2) is 30.6 Å². The topological polar surface area (TPSA) is 54.5 Å². The normalized spacial score (nSPS) is 14.2. The van der Waals surface area contributed by atoms with E-state index in [4.69, 9.17) is 4.74 Å². The van der Waals surface area contributed by atoms with Gasteiger partial charge in [-0.25, -0.2) is 13.8 Å². The van der Waals surface area contributed by atoms with Gasteiger partial charge in [0.2, 0.25) is 0 Å². The molecule has 1 fully saturated rings. The lowest BCUT2D eigenvalue weighted by atomic mass is 10.1. The van der Waals surface area contributed by atoms with Crippen LogP contribution in [0.1, 0.15) is 24.8 Å². The first-order chi connectivity index (χ1) is 12.6. The van der Waals surface area contributed by atoms with Gasteiger partial charge >= 0.3 is 0 Å². The van der Waals surface area contributed by atoms with Crippen molar-refractivity contribution in [1.29, 1.82) is 0 Å². The Bertz CT molecular complexity index is 764. The fraction of sp³-hybridized carbons (Fsp3) is 0.368. The van der Waals surface area contributed by atoms with Crippen LogP contribution in [0.15, 0.2) is 36.5 Å². The third-order valence-electron chi connectivity index (χ3n) is 4.25. The molecule has 1 amide bonds. The van der Waals surface area contributed by atoms with E-state index in [1.54, 1.807) is 6.20 Å². The summed E-state index contributed by atoms with van der Waals surface area (Å²) in [5.41, 5.74) is 0.927. The lowest BCUT2D eigenvalue weighted by Crippen LogP contribution is -2.33. The number of aromatic nitrogens is 1. The molecule has 0 aliphatic carbocycles. The number of pyridine rings is 1. The van der Waals surface area contributed by atoms with Crippen molar-refractivity contribution in [1.82, 2.24) is 10.3 Å². The highest BCUT2D eigenvalue weighted by atomic mass is 19.1. The number of rotatable bonds is 6. The Kier molecular flexibility index (Phi) is 5.99. The Morgan fingerprint density at radius 2 is 2.00 bits per heavy atom. The summed E-state index contributed by atoms with van der Waals surface area (Å²) in [5.74, 6) is -1.18. The fourth-order valence-corrected chi connectivity index (χ4v) is 2.94. The number of nitrogens with one attached hydrogen (secondary N) is 1. The highest BCUT2D eigenvalue weighted by Crippen LogP contribution is 2.21. The zero-order valence-electron chi connectivity index (χ0n) is 14.4. The number of benzene rings is 1. The van der Waals surface area contributed by atoms with Crippen molar-refractivity contribution in [3.05, 3.63) is 53.7 Å². The zero-order valence-corrected chi connectivity index (χ0v) is 14.4. The van der Waals surface area contributed by atoms with Crippen molar-refractivity contribution in [2.45, 2.75) is 25.8 Å². The first-order valence-electron chi connectivity index (χ1n) is 8.67. The summed E-state index contributed by atoms with van der Waals surface area (Å²) in [6.07, 6.45) is 5.25. The summed E-state index contributed by atoms with van der Waals surface area (Å²) in [4.78, 5) is 18.7. The van der Waals surface area contributed by atoms with Crippen LogP contribution in [0, 0.1) is 11.6 Å². The number of carbonyl (C=O) groups is 1. The van der Waals surface area contributed by atoms with Crippen LogP contribution in [0.3, 0.4) is 0 Å². The van der Waals surface area contributed by atoms with Crippen LogP contribution < -0.4 is 15.0 Å². The summed E-state index contributed by atoms with van der Waals surface area (Å²) in [6, 6.07) is 6.72. The quantitative estimate of drug-likeness (QED) is 0.859. The Hall–Kier alpha value is -2.70. The molecule has 5 nitrogen and oxygen atoms in total. The highest BCUT2D eigenvalue weighted by Gasteiger charge is 2.16. The molecule has 0 spiro atoms. The van der Waals surface area contributed by atoms with E-state index in [1.807, 2.05) is 12.1 Å². The third kappa shape index (κ3) is 4.68. The minimum absolute atomic E-state index is 0.156. The first kappa shape index (κ1) is 18.1. The number of amides is 1. The number of nitrogens with zero attached hydrogens (tertiary/aromatic N) is 2. The van der Waals surface area contributed by atoms with Gasteiger partial charge in [-0.1, -0.05) is 6.07 Å². The molecule has 3 rings (SSSR count). The lowest BCUT2D eigenvalue weighted by Gasteiger charge is -2.29. The summed E-state index contributed by atoms with van der Waals surface area (Å²) >= 11 is 0. The Balaban J connectivity index is 1.54. The molecule has 0 unspecified atom stereocenters. The molecule has 0 bridgehead atoms. The largest absolute Gasteiger partial charge is 0.481 e. The standard InChI is InChI=1S/C19H21F2N3O2/c20-15-6-7-17(16(21)11-15)26-13-18(25)23-12-14-5-4-8-22-19(14)24-9-2-1-3-10-24/h4-8,11H,1-3,9-10,12-13H2,(H,23,25). The van der Waals surface area contributed by atoms with E-state index in [-0.39, 0.29) is 18.3 Å².